The first-order valence-corrected chi connectivity index (χ1v) is 19.0. The van der Waals surface area contributed by atoms with E-state index in [-0.39, 0.29) is 25.0 Å². The van der Waals surface area contributed by atoms with Crippen molar-refractivity contribution in [1.29, 1.82) is 0 Å². The van der Waals surface area contributed by atoms with Gasteiger partial charge in [-0.25, -0.2) is 9.59 Å². The maximum Gasteiger partial charge on any atom is 0.408 e. The van der Waals surface area contributed by atoms with Gasteiger partial charge in [-0.2, -0.15) is 0 Å². The lowest BCUT2D eigenvalue weighted by molar-refractivity contribution is -0.143. The SMILES string of the molecule is CNC(CCCCNCC(O)COc1c(I)cc(Oc2c(I)cc(CC(NC(=O)OC(C)(C)C)C(=O)O)cc2I)cc1I)C(=O)OC. The number of carboxylic acids is 1. The number of nitrogens with one attached hydrogen (secondary N) is 3. The molecule has 3 unspecified atom stereocenters. The van der Waals surface area contributed by atoms with Crippen molar-refractivity contribution in [2.75, 3.05) is 33.9 Å². The molecule has 0 saturated heterocycles. The summed E-state index contributed by atoms with van der Waals surface area (Å²) in [5.74, 6) is 0.435. The number of aliphatic hydroxyl groups excluding tert-OH is 1. The fourth-order valence-corrected chi connectivity index (χ4v) is 8.33. The highest BCUT2D eigenvalue weighted by Gasteiger charge is 2.25. The Morgan fingerprint density at radius 3 is 2.04 bits per heavy atom. The summed E-state index contributed by atoms with van der Waals surface area (Å²) in [5, 5.41) is 28.7. The lowest BCUT2D eigenvalue weighted by Crippen LogP contribution is -2.44. The van der Waals surface area contributed by atoms with Crippen LogP contribution in [0.5, 0.6) is 17.2 Å². The highest BCUT2D eigenvalue weighted by molar-refractivity contribution is 14.1. The molecular weight excluding hydrogens is 1070 g/mol. The second-order valence-electron chi connectivity index (χ2n) is 11.5. The molecule has 0 aliphatic carbocycles. The Balaban J connectivity index is 1.94. The van der Waals surface area contributed by atoms with Crippen molar-refractivity contribution in [2.45, 2.75) is 70.2 Å². The molecule has 0 saturated carbocycles. The molecule has 0 aromatic heterocycles. The molecule has 3 atom stereocenters. The van der Waals surface area contributed by atoms with Crippen LogP contribution in [0, 0.1) is 14.3 Å². The number of ether oxygens (including phenoxy) is 4. The Morgan fingerprint density at radius 2 is 1.51 bits per heavy atom. The summed E-state index contributed by atoms with van der Waals surface area (Å²) in [6.07, 6.45) is 0.942. The van der Waals surface area contributed by atoms with E-state index in [1.165, 1.54) is 7.11 Å². The molecule has 1 amide bonds. The first-order chi connectivity index (χ1) is 22.0. The maximum absolute atomic E-state index is 12.2. The molecule has 5 N–H and O–H groups in total. The van der Waals surface area contributed by atoms with E-state index in [4.69, 9.17) is 18.9 Å². The van der Waals surface area contributed by atoms with E-state index in [1.807, 2.05) is 24.3 Å². The van der Waals surface area contributed by atoms with Gasteiger partial charge in [-0.15, -0.1) is 0 Å². The minimum Gasteiger partial charge on any atom is -0.489 e. The minimum absolute atomic E-state index is 0.0677. The Kier molecular flexibility index (Phi) is 18.6. The van der Waals surface area contributed by atoms with Crippen LogP contribution in [0.25, 0.3) is 0 Å². The van der Waals surface area contributed by atoms with Crippen molar-refractivity contribution >= 4 is 108 Å². The quantitative estimate of drug-likeness (QED) is 0.0710. The van der Waals surface area contributed by atoms with E-state index in [9.17, 15) is 24.6 Å². The third kappa shape index (κ3) is 15.2. The molecule has 0 bridgehead atoms. The van der Waals surface area contributed by atoms with E-state index < -0.39 is 29.8 Å². The standard InChI is InChI=1S/C31H41I4N3O9/c1-31(2,3)47-30(43)38-25(28(40)41)12-17-10-20(32)27(21(33)11-17)46-19-13-22(34)26(23(35)14-19)45-16-18(39)15-37-9-7-6-8-24(36-4)29(42)44-5/h10-11,13-14,18,24-25,36-37,39H,6-9,12,15-16H2,1-5H3,(H,38,43)(H,40,41). The van der Waals surface area contributed by atoms with Crippen LogP contribution in [-0.2, 0) is 25.5 Å². The van der Waals surface area contributed by atoms with Crippen molar-refractivity contribution < 1.29 is 43.5 Å². The predicted molar refractivity (Wildman–Crippen MR) is 211 cm³/mol. The highest BCUT2D eigenvalue weighted by Crippen LogP contribution is 2.37. The van der Waals surface area contributed by atoms with E-state index in [1.54, 1.807) is 27.8 Å². The molecule has 16 heteroatoms. The molecule has 0 aliphatic rings. The average Bonchev–Trinajstić information content (AvgIpc) is 2.96. The zero-order chi connectivity index (χ0) is 35.3. The van der Waals surface area contributed by atoms with Gasteiger partial charge in [0.2, 0.25) is 0 Å². The van der Waals surface area contributed by atoms with Crippen molar-refractivity contribution in [3.05, 3.63) is 44.1 Å². The Morgan fingerprint density at radius 1 is 0.915 bits per heavy atom. The number of alkyl carbamates (subject to hydrolysis) is 1. The summed E-state index contributed by atoms with van der Waals surface area (Å²) in [7, 11) is 3.11. The van der Waals surface area contributed by atoms with Gasteiger partial charge in [-0.1, -0.05) is 6.42 Å². The van der Waals surface area contributed by atoms with Gasteiger partial charge in [0.25, 0.3) is 0 Å². The maximum atomic E-state index is 12.2. The minimum atomic E-state index is -1.16. The zero-order valence-electron chi connectivity index (χ0n) is 26.8. The van der Waals surface area contributed by atoms with E-state index in [0.29, 0.717) is 36.8 Å². The summed E-state index contributed by atoms with van der Waals surface area (Å²) in [6.45, 7) is 6.32. The number of rotatable bonds is 18. The van der Waals surface area contributed by atoms with Gasteiger partial charge < -0.3 is 45.1 Å². The second-order valence-corrected chi connectivity index (χ2v) is 16.1. The van der Waals surface area contributed by atoms with E-state index in [2.05, 4.69) is 106 Å². The number of carboxylic acid groups (broad SMARTS) is 1. The van der Waals surface area contributed by atoms with Crippen LogP contribution in [0.1, 0.15) is 45.6 Å². The lowest BCUT2D eigenvalue weighted by Gasteiger charge is -2.22. The number of aliphatic hydroxyl groups is 1. The van der Waals surface area contributed by atoms with Crippen LogP contribution in [0.2, 0.25) is 0 Å². The van der Waals surface area contributed by atoms with E-state index in [0.717, 1.165) is 32.7 Å². The fourth-order valence-electron chi connectivity index (χ4n) is 4.19. The third-order valence-electron chi connectivity index (χ3n) is 6.41. The number of aliphatic carboxylic acids is 1. The smallest absolute Gasteiger partial charge is 0.408 e. The molecule has 2 rings (SSSR count). The van der Waals surface area contributed by atoms with Gasteiger partial charge in [0.1, 0.15) is 41.9 Å². The second kappa shape index (κ2) is 20.7. The van der Waals surface area contributed by atoms with Crippen molar-refractivity contribution in [1.82, 2.24) is 16.0 Å². The van der Waals surface area contributed by atoms with Gasteiger partial charge in [0.15, 0.2) is 5.75 Å². The molecular formula is C31H41I4N3O9. The molecule has 2 aromatic carbocycles. The third-order valence-corrected chi connectivity index (χ3v) is 9.61. The average molecular weight is 1110 g/mol. The zero-order valence-corrected chi connectivity index (χ0v) is 35.4. The number of likely N-dealkylation sites (N-methyl/N-ethyl adjacent to an activating group) is 1. The molecule has 0 fully saturated rings. The first kappa shape index (κ1) is 42.2. The highest BCUT2D eigenvalue weighted by atomic mass is 127. The Labute approximate surface area is 330 Å². The predicted octanol–water partition coefficient (Wildman–Crippen LogP) is 5.68. The summed E-state index contributed by atoms with van der Waals surface area (Å²) in [5.41, 5.74) is -0.0283. The van der Waals surface area contributed by atoms with Gasteiger partial charge in [-0.3, -0.25) is 4.79 Å². The van der Waals surface area contributed by atoms with Gasteiger partial charge in [0.05, 0.1) is 21.4 Å². The molecule has 2 aromatic rings. The molecule has 262 valence electrons. The number of hydrogen-bond donors (Lipinski definition) is 5. The summed E-state index contributed by atoms with van der Waals surface area (Å²) < 4.78 is 25.4. The van der Waals surface area contributed by atoms with Crippen molar-refractivity contribution in [3.8, 4) is 17.2 Å². The van der Waals surface area contributed by atoms with Crippen LogP contribution in [0.4, 0.5) is 4.79 Å². The number of carbonyl (C=O) groups excluding carboxylic acids is 2. The van der Waals surface area contributed by atoms with E-state index >= 15 is 0 Å². The number of carbonyl (C=O) groups is 3. The normalized spacial score (nSPS) is 13.3. The number of benzene rings is 2. The van der Waals surface area contributed by atoms with Crippen LogP contribution in [-0.4, -0.2) is 85.9 Å². The molecule has 0 heterocycles. The van der Waals surface area contributed by atoms with Gasteiger partial charge >= 0.3 is 18.0 Å². The van der Waals surface area contributed by atoms with Gasteiger partial charge in [-0.05, 0) is 167 Å². The number of amides is 1. The monoisotopic (exact) mass is 1110 g/mol. The molecule has 12 nitrogen and oxygen atoms in total. The van der Waals surface area contributed by atoms with Crippen molar-refractivity contribution in [3.63, 3.8) is 0 Å². The van der Waals surface area contributed by atoms with Crippen LogP contribution in [0.3, 0.4) is 0 Å². The molecule has 0 aliphatic heterocycles. The van der Waals surface area contributed by atoms with Crippen LogP contribution < -0.4 is 25.4 Å². The first-order valence-electron chi connectivity index (χ1n) is 14.7. The largest absolute Gasteiger partial charge is 0.489 e. The van der Waals surface area contributed by atoms with Crippen LogP contribution in [0.15, 0.2) is 24.3 Å². The molecule has 0 radical (unpaired) electrons. The summed E-state index contributed by atoms with van der Waals surface area (Å²) in [4.78, 5) is 35.7. The number of halogens is 4. The number of hydrogen-bond acceptors (Lipinski definition) is 10. The summed E-state index contributed by atoms with van der Waals surface area (Å²) in [6, 6.07) is 5.88. The Hall–Kier alpha value is -0.950. The number of methoxy groups -OCH3 is 1. The number of unbranched alkanes of at least 4 members (excludes halogenated alkanes) is 1. The lowest BCUT2D eigenvalue weighted by atomic mass is 10.1. The topological polar surface area (TPSA) is 165 Å². The van der Waals surface area contributed by atoms with Crippen molar-refractivity contribution in [2.24, 2.45) is 0 Å². The fraction of sp³-hybridized carbons (Fsp3) is 0.516. The molecule has 47 heavy (non-hydrogen) atoms. The number of esters is 1. The van der Waals surface area contributed by atoms with Crippen LogP contribution >= 0.6 is 90.4 Å². The molecule has 0 spiro atoms. The Bertz CT molecular complexity index is 1330. The van der Waals surface area contributed by atoms with Gasteiger partial charge in [0, 0.05) is 13.0 Å². The summed E-state index contributed by atoms with van der Waals surface area (Å²) >= 11 is 8.63.